The van der Waals surface area contributed by atoms with Gasteiger partial charge in [-0.15, -0.1) is 12.4 Å². The molecule has 7 heteroatoms. The van der Waals surface area contributed by atoms with Gasteiger partial charge in [0.05, 0.1) is 0 Å². The van der Waals surface area contributed by atoms with E-state index in [4.69, 9.17) is 9.47 Å². The quantitative estimate of drug-likeness (QED) is 0.845. The van der Waals surface area contributed by atoms with Crippen LogP contribution in [0.4, 0.5) is 5.82 Å². The van der Waals surface area contributed by atoms with Gasteiger partial charge in [0.25, 0.3) is 0 Å². The van der Waals surface area contributed by atoms with Crippen LogP contribution < -0.4 is 19.7 Å². The Morgan fingerprint density at radius 1 is 1.00 bits per heavy atom. The van der Waals surface area contributed by atoms with Crippen LogP contribution in [-0.4, -0.2) is 56.3 Å². The van der Waals surface area contributed by atoms with Crippen LogP contribution in [0.3, 0.4) is 0 Å². The summed E-state index contributed by atoms with van der Waals surface area (Å²) in [5, 5.41) is 3.48. The summed E-state index contributed by atoms with van der Waals surface area (Å²) in [7, 11) is 2.17. The lowest BCUT2D eigenvalue weighted by Gasteiger charge is -2.33. The molecule has 2 aliphatic rings. The molecule has 0 unspecified atom stereocenters. The fourth-order valence-corrected chi connectivity index (χ4v) is 3.36. The number of hydrogen-bond donors (Lipinski definition) is 1. The third-order valence-electron chi connectivity index (χ3n) is 4.93. The van der Waals surface area contributed by atoms with Crippen LogP contribution in [0.1, 0.15) is 11.1 Å². The van der Waals surface area contributed by atoms with Gasteiger partial charge in [0.15, 0.2) is 11.5 Å². The number of pyridine rings is 1. The number of benzene rings is 1. The average Bonchev–Trinajstić information content (AvgIpc) is 2.69. The first-order valence-corrected chi connectivity index (χ1v) is 9.26. The van der Waals surface area contributed by atoms with Crippen molar-refractivity contribution in [3.05, 3.63) is 47.7 Å². The summed E-state index contributed by atoms with van der Waals surface area (Å²) in [5.41, 5.74) is 2.31. The molecule has 0 aliphatic carbocycles. The lowest BCUT2D eigenvalue weighted by atomic mass is 10.1. The molecule has 2 aliphatic heterocycles. The molecule has 1 N–H and O–H groups in total. The van der Waals surface area contributed by atoms with E-state index in [-0.39, 0.29) is 12.4 Å². The van der Waals surface area contributed by atoms with Crippen LogP contribution in [0.2, 0.25) is 0 Å². The first-order valence-electron chi connectivity index (χ1n) is 9.26. The highest BCUT2D eigenvalue weighted by molar-refractivity contribution is 5.85. The number of nitrogens with zero attached hydrogens (tertiary/aromatic N) is 3. The zero-order valence-corrected chi connectivity index (χ0v) is 16.5. The Balaban J connectivity index is 0.00000210. The second-order valence-electron chi connectivity index (χ2n) is 6.86. The Bertz CT molecular complexity index is 733. The third-order valence-corrected chi connectivity index (χ3v) is 4.93. The number of ether oxygens (including phenoxy) is 2. The summed E-state index contributed by atoms with van der Waals surface area (Å²) < 4.78 is 11.4. The van der Waals surface area contributed by atoms with Gasteiger partial charge in [-0.3, -0.25) is 0 Å². The van der Waals surface area contributed by atoms with Crippen molar-refractivity contribution in [3.8, 4) is 11.5 Å². The second-order valence-corrected chi connectivity index (χ2v) is 6.86. The second kappa shape index (κ2) is 9.26. The third kappa shape index (κ3) is 4.83. The molecule has 1 saturated heterocycles. The maximum atomic E-state index is 5.76. The minimum Gasteiger partial charge on any atom is -0.486 e. The van der Waals surface area contributed by atoms with E-state index in [1.165, 1.54) is 5.56 Å². The molecule has 2 aromatic rings. The molecule has 146 valence electrons. The predicted molar refractivity (Wildman–Crippen MR) is 109 cm³/mol. The number of likely N-dealkylation sites (N-methyl/N-ethyl adjacent to an activating group) is 1. The van der Waals surface area contributed by atoms with Crippen LogP contribution in [0.15, 0.2) is 36.5 Å². The molecule has 0 atom stereocenters. The molecule has 0 bridgehead atoms. The Kier molecular flexibility index (Phi) is 6.77. The van der Waals surface area contributed by atoms with Gasteiger partial charge >= 0.3 is 0 Å². The molecule has 27 heavy (non-hydrogen) atoms. The van der Waals surface area contributed by atoms with Crippen molar-refractivity contribution < 1.29 is 9.47 Å². The SMILES string of the molecule is CN1CCN(c2ccc(CNCc3cccc4c3OCCO4)cn2)CC1.Cl. The molecule has 0 amide bonds. The van der Waals surface area contributed by atoms with Crippen LogP contribution in [0.25, 0.3) is 0 Å². The number of fused-ring (bicyclic) bond motifs is 1. The van der Waals surface area contributed by atoms with Gasteiger partial charge in [-0.25, -0.2) is 4.98 Å². The molecule has 3 heterocycles. The highest BCUT2D eigenvalue weighted by Gasteiger charge is 2.16. The summed E-state index contributed by atoms with van der Waals surface area (Å²) >= 11 is 0. The zero-order valence-electron chi connectivity index (χ0n) is 15.7. The van der Waals surface area contributed by atoms with Crippen molar-refractivity contribution in [2.24, 2.45) is 0 Å². The van der Waals surface area contributed by atoms with Crippen LogP contribution >= 0.6 is 12.4 Å². The van der Waals surface area contributed by atoms with Crippen molar-refractivity contribution in [1.82, 2.24) is 15.2 Å². The Hall–Kier alpha value is -2.02. The Morgan fingerprint density at radius 3 is 2.59 bits per heavy atom. The highest BCUT2D eigenvalue weighted by Crippen LogP contribution is 2.33. The Labute approximate surface area is 166 Å². The maximum Gasteiger partial charge on any atom is 0.165 e. The largest absolute Gasteiger partial charge is 0.486 e. The molecular weight excluding hydrogens is 364 g/mol. The molecule has 6 nitrogen and oxygen atoms in total. The van der Waals surface area contributed by atoms with Crippen molar-refractivity contribution in [1.29, 1.82) is 0 Å². The van der Waals surface area contributed by atoms with Crippen molar-refractivity contribution in [2.45, 2.75) is 13.1 Å². The number of nitrogens with one attached hydrogen (secondary N) is 1. The highest BCUT2D eigenvalue weighted by atomic mass is 35.5. The van der Waals surface area contributed by atoms with E-state index in [2.05, 4.69) is 45.3 Å². The first-order chi connectivity index (χ1) is 12.8. The number of halogens is 1. The Morgan fingerprint density at radius 2 is 1.81 bits per heavy atom. The molecule has 1 fully saturated rings. The standard InChI is InChI=1S/C20H26N4O2.ClH/c1-23-7-9-24(10-8-23)19-6-5-16(14-22-19)13-21-15-17-3-2-4-18-20(17)26-12-11-25-18;/h2-6,14,21H,7-13,15H2,1H3;1H. The lowest BCUT2D eigenvalue weighted by molar-refractivity contribution is 0.169. The van der Waals surface area contributed by atoms with Gasteiger partial charge in [0.2, 0.25) is 0 Å². The van der Waals surface area contributed by atoms with Crippen molar-refractivity contribution in [3.63, 3.8) is 0 Å². The van der Waals surface area contributed by atoms with Gasteiger partial charge in [0.1, 0.15) is 19.0 Å². The fourth-order valence-electron chi connectivity index (χ4n) is 3.36. The number of piperazine rings is 1. The predicted octanol–water partition coefficient (Wildman–Crippen LogP) is 2.32. The summed E-state index contributed by atoms with van der Waals surface area (Å²) in [6, 6.07) is 10.3. The lowest BCUT2D eigenvalue weighted by Crippen LogP contribution is -2.44. The minimum atomic E-state index is 0. The smallest absolute Gasteiger partial charge is 0.165 e. The van der Waals surface area contributed by atoms with E-state index in [1.807, 2.05) is 18.3 Å². The molecule has 4 rings (SSSR count). The summed E-state index contributed by atoms with van der Waals surface area (Å²) in [5.74, 6) is 2.79. The van der Waals surface area contributed by atoms with E-state index < -0.39 is 0 Å². The summed E-state index contributed by atoms with van der Waals surface area (Å²) in [4.78, 5) is 9.35. The molecule has 1 aromatic carbocycles. The molecule has 0 saturated carbocycles. The fraction of sp³-hybridized carbons (Fsp3) is 0.450. The zero-order chi connectivity index (χ0) is 17.8. The number of rotatable bonds is 5. The first kappa shape index (κ1) is 19.7. The summed E-state index contributed by atoms with van der Waals surface area (Å²) in [6.07, 6.45) is 1.97. The van der Waals surface area contributed by atoms with Crippen LogP contribution in [0.5, 0.6) is 11.5 Å². The van der Waals surface area contributed by atoms with E-state index in [9.17, 15) is 0 Å². The number of aromatic nitrogens is 1. The van der Waals surface area contributed by atoms with Gasteiger partial charge in [-0.05, 0) is 24.7 Å². The molecular formula is C20H27ClN4O2. The van der Waals surface area contributed by atoms with Gasteiger partial charge in [-0.1, -0.05) is 18.2 Å². The van der Waals surface area contributed by atoms with Crippen molar-refractivity contribution in [2.75, 3.05) is 51.3 Å². The number of para-hydroxylation sites is 1. The maximum absolute atomic E-state index is 5.76. The minimum absolute atomic E-state index is 0. The topological polar surface area (TPSA) is 49.9 Å². The van der Waals surface area contributed by atoms with Gasteiger partial charge < -0.3 is 24.6 Å². The van der Waals surface area contributed by atoms with E-state index in [1.54, 1.807) is 0 Å². The van der Waals surface area contributed by atoms with Crippen LogP contribution in [-0.2, 0) is 13.1 Å². The average molecular weight is 391 g/mol. The van der Waals surface area contributed by atoms with Crippen LogP contribution in [0, 0.1) is 0 Å². The number of hydrogen-bond acceptors (Lipinski definition) is 6. The van der Waals surface area contributed by atoms with Gasteiger partial charge in [0, 0.05) is 51.0 Å². The monoisotopic (exact) mass is 390 g/mol. The molecule has 1 aromatic heterocycles. The normalized spacial score (nSPS) is 16.7. The van der Waals surface area contributed by atoms with E-state index in [0.29, 0.717) is 13.2 Å². The summed E-state index contributed by atoms with van der Waals surface area (Å²) in [6.45, 7) is 7.03. The van der Waals surface area contributed by atoms with Crippen molar-refractivity contribution >= 4 is 18.2 Å². The number of anilines is 1. The molecule has 0 radical (unpaired) electrons. The molecule has 0 spiro atoms. The van der Waals surface area contributed by atoms with E-state index in [0.717, 1.165) is 62.1 Å². The van der Waals surface area contributed by atoms with E-state index >= 15 is 0 Å². The van der Waals surface area contributed by atoms with Gasteiger partial charge in [-0.2, -0.15) is 0 Å².